The van der Waals surface area contributed by atoms with E-state index < -0.39 is 9.05 Å². The van der Waals surface area contributed by atoms with Gasteiger partial charge in [0.05, 0.1) is 17.9 Å². The van der Waals surface area contributed by atoms with E-state index in [4.69, 9.17) is 10.7 Å². The summed E-state index contributed by atoms with van der Waals surface area (Å²) in [6, 6.07) is 0. The number of rotatable bonds is 6. The van der Waals surface area contributed by atoms with Gasteiger partial charge in [0.25, 0.3) is 9.05 Å². The van der Waals surface area contributed by atoms with Crippen LogP contribution in [-0.2, 0) is 28.4 Å². The van der Waals surface area contributed by atoms with Crippen molar-refractivity contribution >= 4 is 19.7 Å². The highest BCUT2D eigenvalue weighted by Gasteiger charge is 2.25. The standard InChI is InChI=1S/C11H20ClN3O2S/c1-5-9-11(18(12,16)17)10(6-2)15(13-9)8-7-14(3)4/h5-8H2,1-4H3. The second kappa shape index (κ2) is 6.04. The third kappa shape index (κ3) is 3.46. The average molecular weight is 294 g/mol. The maximum absolute atomic E-state index is 11.6. The van der Waals surface area contributed by atoms with E-state index in [9.17, 15) is 8.42 Å². The monoisotopic (exact) mass is 293 g/mol. The molecule has 7 heteroatoms. The maximum Gasteiger partial charge on any atom is 0.264 e. The predicted molar refractivity (Wildman–Crippen MR) is 72.6 cm³/mol. The van der Waals surface area contributed by atoms with Crippen molar-refractivity contribution < 1.29 is 8.42 Å². The lowest BCUT2D eigenvalue weighted by molar-refractivity contribution is 0.368. The molecule has 0 fully saturated rings. The fraction of sp³-hybridized carbons (Fsp3) is 0.727. The second-order valence-corrected chi connectivity index (χ2v) is 6.90. The van der Waals surface area contributed by atoms with Crippen molar-refractivity contribution in [2.75, 3.05) is 20.6 Å². The minimum Gasteiger partial charge on any atom is -0.308 e. The lowest BCUT2D eigenvalue weighted by Gasteiger charge is -2.11. The zero-order valence-corrected chi connectivity index (χ0v) is 12.8. The minimum atomic E-state index is -3.73. The van der Waals surface area contributed by atoms with E-state index in [1.165, 1.54) is 0 Å². The molecule has 0 unspecified atom stereocenters. The molecule has 0 aliphatic carbocycles. The number of hydrogen-bond acceptors (Lipinski definition) is 4. The van der Waals surface area contributed by atoms with Crippen molar-refractivity contribution in [3.63, 3.8) is 0 Å². The number of aryl methyl sites for hydroxylation is 1. The molecule has 0 atom stereocenters. The van der Waals surface area contributed by atoms with Crippen molar-refractivity contribution in [1.82, 2.24) is 14.7 Å². The molecule has 0 saturated carbocycles. The van der Waals surface area contributed by atoms with Gasteiger partial charge in [-0.05, 0) is 26.9 Å². The third-order valence-electron chi connectivity index (χ3n) is 2.75. The van der Waals surface area contributed by atoms with Crippen LogP contribution in [-0.4, -0.2) is 43.7 Å². The van der Waals surface area contributed by atoms with Crippen molar-refractivity contribution in [3.05, 3.63) is 11.4 Å². The molecule has 0 aliphatic heterocycles. The van der Waals surface area contributed by atoms with Gasteiger partial charge in [-0.3, -0.25) is 4.68 Å². The molecule has 1 aromatic heterocycles. The molecule has 0 spiro atoms. The van der Waals surface area contributed by atoms with Gasteiger partial charge in [0, 0.05) is 17.2 Å². The van der Waals surface area contributed by atoms with Crippen LogP contribution < -0.4 is 0 Å². The van der Waals surface area contributed by atoms with Crippen LogP contribution in [0.4, 0.5) is 0 Å². The fourth-order valence-corrected chi connectivity index (χ4v) is 3.40. The Bertz CT molecular complexity index is 509. The summed E-state index contributed by atoms with van der Waals surface area (Å²) in [5.74, 6) is 0. The number of aromatic nitrogens is 2. The SMILES string of the molecule is CCc1nn(CCN(C)C)c(CC)c1S(=O)(=O)Cl. The topological polar surface area (TPSA) is 55.2 Å². The van der Waals surface area contributed by atoms with E-state index in [0.29, 0.717) is 30.8 Å². The maximum atomic E-state index is 11.6. The van der Waals surface area contributed by atoms with Crippen LogP contribution in [0.5, 0.6) is 0 Å². The summed E-state index contributed by atoms with van der Waals surface area (Å²) in [6.07, 6.45) is 1.16. The zero-order chi connectivity index (χ0) is 13.9. The quantitative estimate of drug-likeness (QED) is 0.746. The van der Waals surface area contributed by atoms with Crippen molar-refractivity contribution in [3.8, 4) is 0 Å². The molecule has 1 heterocycles. The lowest BCUT2D eigenvalue weighted by atomic mass is 10.2. The molecule has 1 rings (SSSR count). The molecule has 18 heavy (non-hydrogen) atoms. The summed E-state index contributed by atoms with van der Waals surface area (Å²) >= 11 is 0. The summed E-state index contributed by atoms with van der Waals surface area (Å²) in [7, 11) is 5.71. The van der Waals surface area contributed by atoms with Gasteiger partial charge >= 0.3 is 0 Å². The van der Waals surface area contributed by atoms with Crippen molar-refractivity contribution in [2.24, 2.45) is 0 Å². The van der Waals surface area contributed by atoms with E-state index in [1.807, 2.05) is 32.8 Å². The van der Waals surface area contributed by atoms with Crippen LogP contribution in [0.25, 0.3) is 0 Å². The molecule has 0 N–H and O–H groups in total. The van der Waals surface area contributed by atoms with E-state index in [-0.39, 0.29) is 4.90 Å². The zero-order valence-electron chi connectivity index (χ0n) is 11.3. The van der Waals surface area contributed by atoms with E-state index in [1.54, 1.807) is 4.68 Å². The highest BCUT2D eigenvalue weighted by atomic mass is 35.7. The van der Waals surface area contributed by atoms with Gasteiger partial charge in [0.1, 0.15) is 4.90 Å². The predicted octanol–water partition coefficient (Wildman–Crippen LogP) is 1.50. The fourth-order valence-electron chi connectivity index (χ4n) is 1.87. The van der Waals surface area contributed by atoms with Crippen LogP contribution in [0.15, 0.2) is 4.90 Å². The first kappa shape index (κ1) is 15.5. The summed E-state index contributed by atoms with van der Waals surface area (Å²) in [5, 5.41) is 4.36. The van der Waals surface area contributed by atoms with Crippen LogP contribution in [0.3, 0.4) is 0 Å². The highest BCUT2D eigenvalue weighted by Crippen LogP contribution is 2.25. The Kier molecular flexibility index (Phi) is 5.19. The van der Waals surface area contributed by atoms with Crippen LogP contribution in [0, 0.1) is 0 Å². The van der Waals surface area contributed by atoms with Crippen molar-refractivity contribution in [1.29, 1.82) is 0 Å². The van der Waals surface area contributed by atoms with Crippen LogP contribution in [0.2, 0.25) is 0 Å². The Balaban J connectivity index is 3.25. The summed E-state index contributed by atoms with van der Waals surface area (Å²) in [6.45, 7) is 5.26. The Labute approximate surface area is 113 Å². The molecule has 0 aliphatic rings. The van der Waals surface area contributed by atoms with Gasteiger partial charge in [-0.2, -0.15) is 5.10 Å². The smallest absolute Gasteiger partial charge is 0.264 e. The molecule has 1 aromatic rings. The molecule has 0 radical (unpaired) electrons. The molecule has 0 bridgehead atoms. The Hall–Kier alpha value is -0.590. The summed E-state index contributed by atoms with van der Waals surface area (Å²) in [5.41, 5.74) is 1.25. The Morgan fingerprint density at radius 3 is 2.28 bits per heavy atom. The van der Waals surface area contributed by atoms with E-state index in [2.05, 4.69) is 5.10 Å². The number of halogens is 1. The van der Waals surface area contributed by atoms with E-state index >= 15 is 0 Å². The Morgan fingerprint density at radius 1 is 1.28 bits per heavy atom. The van der Waals surface area contributed by atoms with Crippen molar-refractivity contribution in [2.45, 2.75) is 38.1 Å². The normalized spacial score (nSPS) is 12.3. The van der Waals surface area contributed by atoms with Gasteiger partial charge in [-0.15, -0.1) is 0 Å². The van der Waals surface area contributed by atoms with Gasteiger partial charge in [0.15, 0.2) is 0 Å². The van der Waals surface area contributed by atoms with Gasteiger partial charge in [0.2, 0.25) is 0 Å². The largest absolute Gasteiger partial charge is 0.308 e. The molecule has 0 amide bonds. The molecule has 5 nitrogen and oxygen atoms in total. The Morgan fingerprint density at radius 2 is 1.89 bits per heavy atom. The molecular formula is C11H20ClN3O2S. The number of nitrogens with zero attached hydrogens (tertiary/aromatic N) is 3. The third-order valence-corrected chi connectivity index (χ3v) is 4.17. The lowest BCUT2D eigenvalue weighted by Crippen LogP contribution is -2.20. The van der Waals surface area contributed by atoms with Gasteiger partial charge in [-0.25, -0.2) is 8.42 Å². The van der Waals surface area contributed by atoms with Gasteiger partial charge < -0.3 is 4.90 Å². The first-order valence-corrected chi connectivity index (χ1v) is 8.30. The highest BCUT2D eigenvalue weighted by molar-refractivity contribution is 8.13. The molecule has 104 valence electrons. The van der Waals surface area contributed by atoms with Crippen LogP contribution in [0.1, 0.15) is 25.2 Å². The summed E-state index contributed by atoms with van der Waals surface area (Å²) in [4.78, 5) is 2.23. The van der Waals surface area contributed by atoms with Gasteiger partial charge in [-0.1, -0.05) is 13.8 Å². The first-order chi connectivity index (χ1) is 8.31. The minimum absolute atomic E-state index is 0.202. The van der Waals surface area contributed by atoms with E-state index in [0.717, 1.165) is 6.54 Å². The van der Waals surface area contributed by atoms with Crippen LogP contribution >= 0.6 is 10.7 Å². The molecule has 0 saturated heterocycles. The second-order valence-electron chi connectivity index (χ2n) is 4.39. The molecular weight excluding hydrogens is 274 g/mol. The molecule has 0 aromatic carbocycles. The summed E-state index contributed by atoms with van der Waals surface area (Å²) < 4.78 is 25.0. The number of likely N-dealkylation sites (N-methyl/N-ethyl adjacent to an activating group) is 1. The average Bonchev–Trinajstić information content (AvgIpc) is 2.63. The first-order valence-electron chi connectivity index (χ1n) is 5.99. The number of hydrogen-bond donors (Lipinski definition) is 0.